The second kappa shape index (κ2) is 10.3. The highest BCUT2D eigenvalue weighted by atomic mass is 31.2. The zero-order valence-electron chi connectivity index (χ0n) is 20.8. The Bertz CT molecular complexity index is 1750. The molecule has 0 saturated heterocycles. The van der Waals surface area contributed by atoms with Crippen molar-refractivity contribution in [2.75, 3.05) is 7.11 Å². The minimum atomic E-state index is -4.27. The Hall–Kier alpha value is -4.22. The third-order valence-corrected chi connectivity index (χ3v) is 7.38. The number of esters is 1. The summed E-state index contributed by atoms with van der Waals surface area (Å²) < 4.78 is 22.3. The highest BCUT2D eigenvalue weighted by Crippen LogP contribution is 2.34. The Kier molecular flexibility index (Phi) is 6.87. The zero-order chi connectivity index (χ0) is 26.9. The SMILES string of the molecule is COc1ccc(C)c(/C=C/C(=O)Oc2ccc3cc4cc(-c5ccc(P(=O)(O)O)cc5)ccc4cc3c2)c1. The monoisotopic (exact) mass is 524 g/mol. The molecule has 38 heavy (non-hydrogen) atoms. The van der Waals surface area contributed by atoms with Gasteiger partial charge < -0.3 is 19.3 Å². The summed E-state index contributed by atoms with van der Waals surface area (Å²) in [6.45, 7) is 1.96. The summed E-state index contributed by atoms with van der Waals surface area (Å²) in [6.07, 6.45) is 3.12. The number of fused-ring (bicyclic) bond motifs is 2. The molecule has 190 valence electrons. The van der Waals surface area contributed by atoms with Crippen molar-refractivity contribution in [1.29, 1.82) is 0 Å². The maximum atomic E-state index is 12.5. The van der Waals surface area contributed by atoms with E-state index in [0.717, 1.165) is 49.5 Å². The predicted octanol–water partition coefficient (Wildman–Crippen LogP) is 6.40. The summed E-state index contributed by atoms with van der Waals surface area (Å²) in [7, 11) is -2.67. The molecule has 6 nitrogen and oxygen atoms in total. The van der Waals surface area contributed by atoms with Gasteiger partial charge in [0.25, 0.3) is 0 Å². The van der Waals surface area contributed by atoms with Crippen molar-refractivity contribution in [3.05, 3.63) is 108 Å². The summed E-state index contributed by atoms with van der Waals surface area (Å²) >= 11 is 0. The van der Waals surface area contributed by atoms with E-state index in [1.165, 1.54) is 18.2 Å². The predicted molar refractivity (Wildman–Crippen MR) is 151 cm³/mol. The molecule has 0 aliphatic rings. The molecular weight excluding hydrogens is 499 g/mol. The van der Waals surface area contributed by atoms with E-state index >= 15 is 0 Å². The Balaban J connectivity index is 1.37. The van der Waals surface area contributed by atoms with Crippen molar-refractivity contribution in [3.8, 4) is 22.6 Å². The molecule has 0 unspecified atom stereocenters. The molecule has 0 amide bonds. The van der Waals surface area contributed by atoms with E-state index in [-0.39, 0.29) is 5.30 Å². The zero-order valence-corrected chi connectivity index (χ0v) is 21.7. The lowest BCUT2D eigenvalue weighted by molar-refractivity contribution is -0.128. The van der Waals surface area contributed by atoms with Gasteiger partial charge in [0.05, 0.1) is 12.4 Å². The maximum absolute atomic E-state index is 12.5. The van der Waals surface area contributed by atoms with Gasteiger partial charge in [-0.2, -0.15) is 0 Å². The number of carbonyl (C=O) groups is 1. The highest BCUT2D eigenvalue weighted by Gasteiger charge is 2.16. The smallest absolute Gasteiger partial charge is 0.356 e. The van der Waals surface area contributed by atoms with Crippen LogP contribution in [-0.2, 0) is 9.36 Å². The lowest BCUT2D eigenvalue weighted by Gasteiger charge is -2.09. The molecule has 0 aromatic heterocycles. The largest absolute Gasteiger partial charge is 0.497 e. The molecule has 0 spiro atoms. The first-order chi connectivity index (χ1) is 18.2. The van der Waals surface area contributed by atoms with E-state index in [1.807, 2.05) is 61.5 Å². The van der Waals surface area contributed by atoms with Crippen molar-refractivity contribution in [1.82, 2.24) is 0 Å². The summed E-state index contributed by atoms with van der Waals surface area (Å²) in [4.78, 5) is 31.1. The van der Waals surface area contributed by atoms with Crippen LogP contribution >= 0.6 is 7.60 Å². The van der Waals surface area contributed by atoms with Gasteiger partial charge in [0.15, 0.2) is 0 Å². The summed E-state index contributed by atoms with van der Waals surface area (Å²) in [5, 5.41) is 3.97. The maximum Gasteiger partial charge on any atom is 0.356 e. The molecule has 5 aromatic rings. The molecule has 5 aromatic carbocycles. The van der Waals surface area contributed by atoms with Crippen LogP contribution in [0.15, 0.2) is 97.1 Å². The van der Waals surface area contributed by atoms with E-state index in [0.29, 0.717) is 5.75 Å². The molecule has 5 rings (SSSR count). The number of ether oxygens (including phenoxy) is 2. The average Bonchev–Trinajstić information content (AvgIpc) is 2.90. The van der Waals surface area contributed by atoms with Crippen molar-refractivity contribution >= 4 is 46.5 Å². The number of carbonyl (C=O) groups excluding carboxylic acids is 1. The van der Waals surface area contributed by atoms with Crippen molar-refractivity contribution in [2.24, 2.45) is 0 Å². The van der Waals surface area contributed by atoms with Crippen LogP contribution in [0.3, 0.4) is 0 Å². The highest BCUT2D eigenvalue weighted by molar-refractivity contribution is 7.60. The molecule has 0 aliphatic heterocycles. The fourth-order valence-corrected chi connectivity index (χ4v) is 4.84. The first-order valence-corrected chi connectivity index (χ1v) is 13.5. The quantitative estimate of drug-likeness (QED) is 0.0878. The number of aryl methyl sites for hydroxylation is 1. The number of hydrogen-bond acceptors (Lipinski definition) is 4. The fraction of sp³-hybridized carbons (Fsp3) is 0.0645. The Morgan fingerprint density at radius 3 is 2.05 bits per heavy atom. The molecular formula is C31H25O6P. The van der Waals surface area contributed by atoms with Crippen LogP contribution in [0.4, 0.5) is 0 Å². The van der Waals surface area contributed by atoms with Crippen LogP contribution in [0.2, 0.25) is 0 Å². The topological polar surface area (TPSA) is 93.1 Å². The van der Waals surface area contributed by atoms with Gasteiger partial charge >= 0.3 is 13.6 Å². The van der Waals surface area contributed by atoms with Crippen LogP contribution < -0.4 is 14.8 Å². The summed E-state index contributed by atoms with van der Waals surface area (Å²) in [5.41, 5.74) is 3.71. The van der Waals surface area contributed by atoms with Gasteiger partial charge in [-0.15, -0.1) is 0 Å². The molecule has 0 bridgehead atoms. The molecule has 0 fully saturated rings. The first-order valence-electron chi connectivity index (χ1n) is 11.9. The molecule has 0 saturated carbocycles. The number of methoxy groups -OCH3 is 1. The lowest BCUT2D eigenvalue weighted by Crippen LogP contribution is -2.03. The second-order valence-electron chi connectivity index (χ2n) is 8.99. The molecule has 0 aliphatic carbocycles. The summed E-state index contributed by atoms with van der Waals surface area (Å²) in [5.74, 6) is 0.702. The molecule has 2 N–H and O–H groups in total. The van der Waals surface area contributed by atoms with Crippen LogP contribution in [0, 0.1) is 6.92 Å². The van der Waals surface area contributed by atoms with Crippen LogP contribution in [0.1, 0.15) is 11.1 Å². The van der Waals surface area contributed by atoms with E-state index in [1.54, 1.807) is 31.4 Å². The van der Waals surface area contributed by atoms with E-state index < -0.39 is 13.6 Å². The van der Waals surface area contributed by atoms with Crippen molar-refractivity contribution in [2.45, 2.75) is 6.92 Å². The Labute approximate surface area is 219 Å². The van der Waals surface area contributed by atoms with E-state index in [4.69, 9.17) is 9.47 Å². The van der Waals surface area contributed by atoms with Gasteiger partial charge in [-0.1, -0.05) is 36.4 Å². The van der Waals surface area contributed by atoms with Gasteiger partial charge in [-0.3, -0.25) is 4.57 Å². The normalized spacial score (nSPS) is 11.8. The second-order valence-corrected chi connectivity index (χ2v) is 10.6. The van der Waals surface area contributed by atoms with Gasteiger partial charge in [0, 0.05) is 6.08 Å². The molecule has 7 heteroatoms. The van der Waals surface area contributed by atoms with Gasteiger partial charge in [0.2, 0.25) is 0 Å². The average molecular weight is 525 g/mol. The molecule has 0 atom stereocenters. The first kappa shape index (κ1) is 25.4. The van der Waals surface area contributed by atoms with Gasteiger partial charge in [-0.05, 0) is 111 Å². The fourth-order valence-electron chi connectivity index (χ4n) is 4.30. The van der Waals surface area contributed by atoms with Crippen molar-refractivity contribution in [3.63, 3.8) is 0 Å². The third-order valence-electron chi connectivity index (χ3n) is 6.41. The van der Waals surface area contributed by atoms with E-state index in [9.17, 15) is 19.1 Å². The minimum Gasteiger partial charge on any atom is -0.497 e. The number of hydrogen-bond donors (Lipinski definition) is 2. The Morgan fingerprint density at radius 2 is 1.37 bits per heavy atom. The minimum absolute atomic E-state index is 0.00422. The lowest BCUT2D eigenvalue weighted by atomic mass is 9.98. The molecule has 0 heterocycles. The van der Waals surface area contributed by atoms with Gasteiger partial charge in [0.1, 0.15) is 11.5 Å². The van der Waals surface area contributed by atoms with Gasteiger partial charge in [-0.25, -0.2) is 4.79 Å². The van der Waals surface area contributed by atoms with Crippen LogP contribution in [0.5, 0.6) is 11.5 Å². The Morgan fingerprint density at radius 1 is 0.737 bits per heavy atom. The van der Waals surface area contributed by atoms with Crippen LogP contribution in [-0.4, -0.2) is 22.9 Å². The number of benzene rings is 5. The molecule has 0 radical (unpaired) electrons. The summed E-state index contributed by atoms with van der Waals surface area (Å²) in [6, 6.07) is 27.6. The third kappa shape index (κ3) is 5.53. The van der Waals surface area contributed by atoms with E-state index in [2.05, 4.69) is 6.07 Å². The van der Waals surface area contributed by atoms with Crippen molar-refractivity contribution < 1.29 is 28.6 Å². The van der Waals surface area contributed by atoms with Crippen LogP contribution in [0.25, 0.3) is 38.7 Å². The standard InChI is InChI=1S/C31H25O6P/c1-20-3-10-28(36-2)18-22(20)9-14-31(32)37-29-11-6-25-16-26-15-23(4-5-24(26)17-27(25)19-29)21-7-12-30(13-8-21)38(33,34)35/h3-19H,1-2H3,(H2,33,34,35)/b14-9+. The number of rotatable bonds is 6.